The largest absolute Gasteiger partial charge is 0.497 e. The van der Waals surface area contributed by atoms with Gasteiger partial charge in [-0.05, 0) is 30.2 Å². The molecule has 0 spiro atoms. The summed E-state index contributed by atoms with van der Waals surface area (Å²) in [5, 5.41) is 7.89. The topological polar surface area (TPSA) is 61.2 Å². The highest BCUT2D eigenvalue weighted by Gasteiger charge is 2.31. The smallest absolute Gasteiger partial charge is 0.222 e. The molecule has 25 heavy (non-hydrogen) atoms. The van der Waals surface area contributed by atoms with Gasteiger partial charge in [0.05, 0.1) is 26.3 Å². The van der Waals surface area contributed by atoms with Gasteiger partial charge in [-0.25, -0.2) is 4.68 Å². The molecule has 6 nitrogen and oxygen atoms in total. The van der Waals surface area contributed by atoms with Crippen LogP contribution in [0.2, 0.25) is 0 Å². The first kappa shape index (κ1) is 15.5. The molecule has 0 radical (unpaired) electrons. The lowest BCUT2D eigenvalue weighted by Crippen LogP contribution is -2.28. The van der Waals surface area contributed by atoms with Gasteiger partial charge in [0.25, 0.3) is 0 Å². The van der Waals surface area contributed by atoms with Crippen LogP contribution in [-0.2, 0) is 0 Å². The highest BCUT2D eigenvalue weighted by atomic mass is 16.5. The number of anilines is 1. The van der Waals surface area contributed by atoms with Gasteiger partial charge in [-0.3, -0.25) is 0 Å². The fourth-order valence-corrected chi connectivity index (χ4v) is 3.38. The monoisotopic (exact) mass is 336 g/mol. The molecule has 0 fully saturated rings. The number of methoxy groups -OCH3 is 2. The van der Waals surface area contributed by atoms with Crippen molar-refractivity contribution < 1.29 is 9.47 Å². The third kappa shape index (κ3) is 2.80. The highest BCUT2D eigenvalue weighted by Crippen LogP contribution is 2.40. The lowest BCUT2D eigenvalue weighted by molar-refractivity contribution is 0.379. The quantitative estimate of drug-likeness (QED) is 0.791. The van der Waals surface area contributed by atoms with Gasteiger partial charge in [0.2, 0.25) is 5.95 Å². The zero-order valence-corrected chi connectivity index (χ0v) is 14.2. The highest BCUT2D eigenvalue weighted by molar-refractivity contribution is 5.43. The minimum Gasteiger partial charge on any atom is -0.497 e. The Morgan fingerprint density at radius 1 is 1.04 bits per heavy atom. The Balaban J connectivity index is 1.72. The molecule has 0 aliphatic carbocycles. The van der Waals surface area contributed by atoms with E-state index in [-0.39, 0.29) is 12.1 Å². The third-order valence-electron chi connectivity index (χ3n) is 4.65. The molecule has 1 N–H and O–H groups in total. The van der Waals surface area contributed by atoms with Crippen molar-refractivity contribution in [3.05, 3.63) is 66.0 Å². The molecular weight excluding hydrogens is 316 g/mol. The lowest BCUT2D eigenvalue weighted by Gasteiger charge is -2.32. The number of para-hydroxylation sites is 1. The van der Waals surface area contributed by atoms with Crippen LogP contribution in [0.1, 0.15) is 29.6 Å². The van der Waals surface area contributed by atoms with Crippen molar-refractivity contribution in [3.8, 4) is 11.5 Å². The van der Waals surface area contributed by atoms with E-state index in [4.69, 9.17) is 9.47 Å². The molecule has 2 heterocycles. The second-order valence-electron chi connectivity index (χ2n) is 5.99. The number of hydrogen-bond acceptors (Lipinski definition) is 5. The van der Waals surface area contributed by atoms with Crippen LogP contribution in [0.15, 0.2) is 54.9 Å². The van der Waals surface area contributed by atoms with E-state index >= 15 is 0 Å². The van der Waals surface area contributed by atoms with Crippen LogP contribution in [0.25, 0.3) is 0 Å². The maximum absolute atomic E-state index is 5.56. The van der Waals surface area contributed by atoms with E-state index in [1.807, 2.05) is 35.0 Å². The van der Waals surface area contributed by atoms with Gasteiger partial charge in [-0.1, -0.05) is 30.3 Å². The molecular formula is C19H20N4O2. The summed E-state index contributed by atoms with van der Waals surface area (Å²) in [4.78, 5) is 4.37. The number of rotatable bonds is 4. The first-order valence-corrected chi connectivity index (χ1v) is 8.23. The summed E-state index contributed by atoms with van der Waals surface area (Å²) in [5.74, 6) is 2.48. The molecule has 1 aliphatic heterocycles. The molecule has 0 saturated heterocycles. The lowest BCUT2D eigenvalue weighted by atomic mass is 9.93. The van der Waals surface area contributed by atoms with Gasteiger partial charge in [0.15, 0.2) is 0 Å². The van der Waals surface area contributed by atoms with Gasteiger partial charge < -0.3 is 14.8 Å². The van der Waals surface area contributed by atoms with Gasteiger partial charge in [-0.2, -0.15) is 10.1 Å². The SMILES string of the molecule is COc1ccc([C@@H]2C[C@@H](c3ccccc3OC)n3ncnc3N2)cc1. The number of hydrogen-bond donors (Lipinski definition) is 1. The fraction of sp³-hybridized carbons (Fsp3) is 0.263. The number of fused-ring (bicyclic) bond motifs is 1. The van der Waals surface area contributed by atoms with E-state index in [2.05, 4.69) is 33.6 Å². The number of nitrogens with one attached hydrogen (secondary N) is 1. The van der Waals surface area contributed by atoms with Crippen LogP contribution in [0, 0.1) is 0 Å². The van der Waals surface area contributed by atoms with Crippen molar-refractivity contribution in [1.29, 1.82) is 0 Å². The number of aromatic nitrogens is 3. The van der Waals surface area contributed by atoms with Gasteiger partial charge in [-0.15, -0.1) is 0 Å². The van der Waals surface area contributed by atoms with E-state index in [1.54, 1.807) is 20.5 Å². The summed E-state index contributed by atoms with van der Waals surface area (Å²) >= 11 is 0. The molecule has 0 unspecified atom stereocenters. The number of benzene rings is 2. The molecule has 2 aromatic carbocycles. The van der Waals surface area contributed by atoms with Gasteiger partial charge in [0.1, 0.15) is 17.8 Å². The average Bonchev–Trinajstić information content (AvgIpc) is 3.16. The predicted molar refractivity (Wildman–Crippen MR) is 95.1 cm³/mol. The van der Waals surface area contributed by atoms with E-state index in [0.717, 1.165) is 29.4 Å². The van der Waals surface area contributed by atoms with E-state index < -0.39 is 0 Å². The Hall–Kier alpha value is -3.02. The zero-order valence-electron chi connectivity index (χ0n) is 14.2. The number of nitrogens with zero attached hydrogens (tertiary/aromatic N) is 3. The van der Waals surface area contributed by atoms with Crippen molar-refractivity contribution in [3.63, 3.8) is 0 Å². The van der Waals surface area contributed by atoms with Crippen LogP contribution in [-0.4, -0.2) is 29.0 Å². The molecule has 0 amide bonds. The van der Waals surface area contributed by atoms with Crippen molar-refractivity contribution in [2.24, 2.45) is 0 Å². The summed E-state index contributed by atoms with van der Waals surface area (Å²) in [6.45, 7) is 0. The minimum absolute atomic E-state index is 0.0574. The summed E-state index contributed by atoms with van der Waals surface area (Å²) in [7, 11) is 3.37. The van der Waals surface area contributed by atoms with Crippen molar-refractivity contribution in [2.75, 3.05) is 19.5 Å². The predicted octanol–water partition coefficient (Wildman–Crippen LogP) is 3.44. The Bertz CT molecular complexity index is 860. The molecule has 1 aliphatic rings. The summed E-state index contributed by atoms with van der Waals surface area (Å²) < 4.78 is 12.7. The van der Waals surface area contributed by atoms with Crippen LogP contribution < -0.4 is 14.8 Å². The van der Waals surface area contributed by atoms with Crippen molar-refractivity contribution >= 4 is 5.95 Å². The molecule has 6 heteroatoms. The van der Waals surface area contributed by atoms with Gasteiger partial charge in [0, 0.05) is 5.56 Å². The molecule has 0 saturated carbocycles. The van der Waals surface area contributed by atoms with E-state index in [1.165, 1.54) is 5.56 Å². The Kier molecular flexibility index (Phi) is 4.01. The first-order valence-electron chi connectivity index (χ1n) is 8.23. The van der Waals surface area contributed by atoms with Crippen molar-refractivity contribution in [1.82, 2.24) is 14.8 Å². The second kappa shape index (κ2) is 6.47. The van der Waals surface area contributed by atoms with E-state index in [9.17, 15) is 0 Å². The van der Waals surface area contributed by atoms with Gasteiger partial charge >= 0.3 is 0 Å². The second-order valence-corrected chi connectivity index (χ2v) is 5.99. The minimum atomic E-state index is 0.0574. The molecule has 1 aromatic heterocycles. The molecule has 128 valence electrons. The van der Waals surface area contributed by atoms with Crippen LogP contribution in [0.4, 0.5) is 5.95 Å². The fourth-order valence-electron chi connectivity index (χ4n) is 3.38. The van der Waals surface area contributed by atoms with Crippen LogP contribution in [0.3, 0.4) is 0 Å². The maximum Gasteiger partial charge on any atom is 0.222 e. The standard InChI is InChI=1S/C19H20N4O2/c1-24-14-9-7-13(8-10-14)16-11-17(23-19(22-16)20-12-21-23)15-5-3-4-6-18(15)25-2/h3-10,12,16-17H,11H2,1-2H3,(H,20,21,22)/t16-,17-/m0/s1. The van der Waals surface area contributed by atoms with Crippen molar-refractivity contribution in [2.45, 2.75) is 18.5 Å². The summed E-state index contributed by atoms with van der Waals surface area (Å²) in [6.07, 6.45) is 2.43. The Labute approximate surface area is 146 Å². The van der Waals surface area contributed by atoms with E-state index in [0.29, 0.717) is 0 Å². The molecule has 4 rings (SSSR count). The van der Waals surface area contributed by atoms with Crippen LogP contribution in [0.5, 0.6) is 11.5 Å². The Morgan fingerprint density at radius 3 is 2.60 bits per heavy atom. The first-order chi connectivity index (χ1) is 12.3. The summed E-state index contributed by atoms with van der Waals surface area (Å²) in [6, 6.07) is 16.4. The number of ether oxygens (including phenoxy) is 2. The average molecular weight is 336 g/mol. The molecule has 0 bridgehead atoms. The third-order valence-corrected chi connectivity index (χ3v) is 4.65. The Morgan fingerprint density at radius 2 is 1.84 bits per heavy atom. The van der Waals surface area contributed by atoms with Crippen LogP contribution >= 0.6 is 0 Å². The maximum atomic E-state index is 5.56. The zero-order chi connectivity index (χ0) is 17.2. The molecule has 3 aromatic rings. The molecule has 2 atom stereocenters. The summed E-state index contributed by atoms with van der Waals surface area (Å²) in [5.41, 5.74) is 2.30. The normalized spacial score (nSPS) is 19.0.